The van der Waals surface area contributed by atoms with Crippen LogP contribution in [0, 0.1) is 0 Å². The van der Waals surface area contributed by atoms with E-state index in [2.05, 4.69) is 57.2 Å². The van der Waals surface area contributed by atoms with Gasteiger partial charge in [-0.3, -0.25) is 14.4 Å². The quantitative estimate of drug-likeness (QED) is 0.0262. The van der Waals surface area contributed by atoms with Gasteiger partial charge in [-0.2, -0.15) is 0 Å². The first-order chi connectivity index (χ1) is 30.5. The first kappa shape index (κ1) is 59.6. The molecule has 0 aliphatic carbocycles. The Morgan fingerprint density at radius 3 is 0.855 bits per heavy atom. The van der Waals surface area contributed by atoms with Crippen LogP contribution in [0.4, 0.5) is 0 Å². The normalized spacial score (nSPS) is 12.2. The zero-order valence-electron chi connectivity index (χ0n) is 41.4. The second kappa shape index (κ2) is 51.3. The molecular formula is C56H102O6. The fraction of sp³-hybridized carbons (Fsp3) is 0.839. The molecule has 0 bridgehead atoms. The molecule has 0 saturated heterocycles. The molecule has 0 spiro atoms. The van der Waals surface area contributed by atoms with E-state index in [1.807, 2.05) is 0 Å². The molecule has 0 radical (unpaired) electrons. The SMILES string of the molecule is CCCC/C=C\CCCCCCCC(=O)OCC(COC(=O)CCCCCCCCCCC/C=C\CCCCCCCC)OC(=O)CCCCCCC/C=C\CCCCCCC. The fourth-order valence-electron chi connectivity index (χ4n) is 7.71. The van der Waals surface area contributed by atoms with Crippen molar-refractivity contribution in [3.63, 3.8) is 0 Å². The minimum atomic E-state index is -0.777. The highest BCUT2D eigenvalue weighted by atomic mass is 16.6. The number of carbonyl (C=O) groups excluding carboxylic acids is 3. The summed E-state index contributed by atoms with van der Waals surface area (Å²) in [5.41, 5.74) is 0. The molecular weight excluding hydrogens is 769 g/mol. The molecule has 0 aliphatic rings. The first-order valence-electron chi connectivity index (χ1n) is 27.0. The highest BCUT2D eigenvalue weighted by molar-refractivity contribution is 5.71. The highest BCUT2D eigenvalue weighted by Gasteiger charge is 2.19. The molecule has 6 nitrogen and oxygen atoms in total. The van der Waals surface area contributed by atoms with Crippen LogP contribution in [0.5, 0.6) is 0 Å². The van der Waals surface area contributed by atoms with E-state index in [-0.39, 0.29) is 31.1 Å². The highest BCUT2D eigenvalue weighted by Crippen LogP contribution is 2.15. The molecule has 362 valence electrons. The van der Waals surface area contributed by atoms with Gasteiger partial charge in [0.1, 0.15) is 13.2 Å². The molecule has 0 aromatic heterocycles. The lowest BCUT2D eigenvalue weighted by Crippen LogP contribution is -2.30. The van der Waals surface area contributed by atoms with Crippen LogP contribution in [-0.4, -0.2) is 37.2 Å². The third kappa shape index (κ3) is 48.7. The summed E-state index contributed by atoms with van der Waals surface area (Å²) in [6, 6.07) is 0. The van der Waals surface area contributed by atoms with Crippen LogP contribution in [0.1, 0.15) is 284 Å². The van der Waals surface area contributed by atoms with Crippen LogP contribution in [0.3, 0.4) is 0 Å². The Labute approximate surface area is 385 Å². The average molecular weight is 871 g/mol. The van der Waals surface area contributed by atoms with Crippen LogP contribution in [-0.2, 0) is 28.6 Å². The predicted molar refractivity (Wildman–Crippen MR) is 266 cm³/mol. The number of rotatable bonds is 49. The molecule has 0 saturated carbocycles. The average Bonchev–Trinajstić information content (AvgIpc) is 3.27. The Bertz CT molecular complexity index is 1050. The van der Waals surface area contributed by atoms with Crippen LogP contribution < -0.4 is 0 Å². The van der Waals surface area contributed by atoms with Crippen molar-refractivity contribution in [2.24, 2.45) is 0 Å². The minimum absolute atomic E-state index is 0.0775. The van der Waals surface area contributed by atoms with Crippen molar-refractivity contribution in [3.05, 3.63) is 36.5 Å². The van der Waals surface area contributed by atoms with Gasteiger partial charge in [-0.15, -0.1) is 0 Å². The third-order valence-electron chi connectivity index (χ3n) is 11.8. The van der Waals surface area contributed by atoms with E-state index in [0.29, 0.717) is 19.3 Å². The Kier molecular flexibility index (Phi) is 49.3. The van der Waals surface area contributed by atoms with E-state index in [1.54, 1.807) is 0 Å². The van der Waals surface area contributed by atoms with E-state index in [1.165, 1.54) is 173 Å². The standard InChI is InChI=1S/C56H102O6/c1-4-7-10-13-16-19-22-24-26-27-28-29-30-32-34-37-40-43-46-49-55(58)61-52-53(51-60-54(57)48-45-42-39-36-33-21-18-15-12-9-6-3)62-56(59)50-47-44-41-38-35-31-25-23-20-17-14-11-8-5-2/h15,18,23-26,53H,4-14,16-17,19-22,27-52H2,1-3H3/b18-15-,25-23-,26-24-. The Morgan fingerprint density at radius 1 is 0.306 bits per heavy atom. The van der Waals surface area contributed by atoms with Crippen LogP contribution in [0.2, 0.25) is 0 Å². The molecule has 1 atom stereocenters. The number of unbranched alkanes of at least 4 members (excludes halogenated alkanes) is 32. The molecule has 0 heterocycles. The lowest BCUT2D eigenvalue weighted by atomic mass is 10.1. The Morgan fingerprint density at radius 2 is 0.548 bits per heavy atom. The van der Waals surface area contributed by atoms with Gasteiger partial charge in [-0.1, -0.05) is 211 Å². The summed E-state index contributed by atoms with van der Waals surface area (Å²) in [5, 5.41) is 0. The third-order valence-corrected chi connectivity index (χ3v) is 11.8. The topological polar surface area (TPSA) is 78.9 Å². The van der Waals surface area contributed by atoms with Gasteiger partial charge in [0.15, 0.2) is 6.10 Å². The van der Waals surface area contributed by atoms with Crippen molar-refractivity contribution in [2.75, 3.05) is 13.2 Å². The van der Waals surface area contributed by atoms with Gasteiger partial charge in [0.05, 0.1) is 0 Å². The van der Waals surface area contributed by atoms with E-state index in [9.17, 15) is 14.4 Å². The van der Waals surface area contributed by atoms with Gasteiger partial charge in [0, 0.05) is 19.3 Å². The van der Waals surface area contributed by atoms with E-state index in [0.717, 1.165) is 70.6 Å². The van der Waals surface area contributed by atoms with Crippen molar-refractivity contribution in [3.8, 4) is 0 Å². The summed E-state index contributed by atoms with van der Waals surface area (Å²) >= 11 is 0. The molecule has 1 unspecified atom stereocenters. The first-order valence-corrected chi connectivity index (χ1v) is 27.0. The summed E-state index contributed by atoms with van der Waals surface area (Å²) in [7, 11) is 0. The number of ether oxygens (including phenoxy) is 3. The second-order valence-electron chi connectivity index (χ2n) is 18.1. The largest absolute Gasteiger partial charge is 0.462 e. The van der Waals surface area contributed by atoms with Crippen LogP contribution in [0.25, 0.3) is 0 Å². The van der Waals surface area contributed by atoms with Gasteiger partial charge in [0.25, 0.3) is 0 Å². The summed E-state index contributed by atoms with van der Waals surface area (Å²) in [4.78, 5) is 38.0. The molecule has 6 heteroatoms. The molecule has 62 heavy (non-hydrogen) atoms. The molecule has 0 N–H and O–H groups in total. The maximum absolute atomic E-state index is 12.8. The molecule has 0 aliphatic heterocycles. The van der Waals surface area contributed by atoms with Crippen molar-refractivity contribution >= 4 is 17.9 Å². The van der Waals surface area contributed by atoms with Crippen LogP contribution >= 0.6 is 0 Å². The van der Waals surface area contributed by atoms with Gasteiger partial charge >= 0.3 is 17.9 Å². The van der Waals surface area contributed by atoms with Gasteiger partial charge in [-0.25, -0.2) is 0 Å². The summed E-state index contributed by atoms with van der Waals surface area (Å²) in [6.07, 6.45) is 59.9. The van der Waals surface area contributed by atoms with Crippen molar-refractivity contribution in [1.82, 2.24) is 0 Å². The fourth-order valence-corrected chi connectivity index (χ4v) is 7.71. The van der Waals surface area contributed by atoms with E-state index >= 15 is 0 Å². The number of hydrogen-bond acceptors (Lipinski definition) is 6. The van der Waals surface area contributed by atoms with Crippen LogP contribution in [0.15, 0.2) is 36.5 Å². The summed E-state index contributed by atoms with van der Waals surface area (Å²) < 4.78 is 16.8. The Hall–Kier alpha value is -2.37. The molecule has 0 aromatic carbocycles. The van der Waals surface area contributed by atoms with Crippen molar-refractivity contribution < 1.29 is 28.6 Å². The molecule has 0 aromatic rings. The smallest absolute Gasteiger partial charge is 0.306 e. The lowest BCUT2D eigenvalue weighted by Gasteiger charge is -2.18. The molecule has 0 fully saturated rings. The number of carbonyl (C=O) groups is 3. The molecule has 0 amide bonds. The monoisotopic (exact) mass is 871 g/mol. The lowest BCUT2D eigenvalue weighted by molar-refractivity contribution is -0.167. The predicted octanol–water partition coefficient (Wildman–Crippen LogP) is 17.7. The summed E-state index contributed by atoms with van der Waals surface area (Å²) in [5.74, 6) is -0.888. The maximum Gasteiger partial charge on any atom is 0.306 e. The number of esters is 3. The Balaban J connectivity index is 4.32. The second-order valence-corrected chi connectivity index (χ2v) is 18.1. The van der Waals surface area contributed by atoms with E-state index in [4.69, 9.17) is 14.2 Å². The van der Waals surface area contributed by atoms with Gasteiger partial charge in [-0.05, 0) is 89.9 Å². The zero-order valence-corrected chi connectivity index (χ0v) is 41.4. The van der Waals surface area contributed by atoms with Crippen molar-refractivity contribution in [2.45, 2.75) is 290 Å². The van der Waals surface area contributed by atoms with Gasteiger partial charge < -0.3 is 14.2 Å². The molecule has 0 rings (SSSR count). The van der Waals surface area contributed by atoms with E-state index < -0.39 is 6.10 Å². The zero-order chi connectivity index (χ0) is 45.1. The minimum Gasteiger partial charge on any atom is -0.462 e. The van der Waals surface area contributed by atoms with Gasteiger partial charge in [0.2, 0.25) is 0 Å². The maximum atomic E-state index is 12.8. The summed E-state index contributed by atoms with van der Waals surface area (Å²) in [6.45, 7) is 6.59. The van der Waals surface area contributed by atoms with Crippen molar-refractivity contribution in [1.29, 1.82) is 0 Å². The number of allylic oxidation sites excluding steroid dienone is 6. The number of hydrogen-bond donors (Lipinski definition) is 0.